The fourth-order valence-corrected chi connectivity index (χ4v) is 1.88. The van der Waals surface area contributed by atoms with E-state index in [9.17, 15) is 9.90 Å². The fraction of sp³-hybridized carbons (Fsp3) is 0.0667. The fourth-order valence-electron chi connectivity index (χ4n) is 1.71. The van der Waals surface area contributed by atoms with Gasteiger partial charge in [0.05, 0.1) is 17.2 Å². The number of nitrogens with one attached hydrogen (secondary N) is 1. The molecule has 0 atom stereocenters. The Labute approximate surface area is 121 Å². The number of phenolic OH excluding ortho intramolecular Hbond substituents is 1. The summed E-state index contributed by atoms with van der Waals surface area (Å²) in [4.78, 5) is 12.1. The predicted molar refractivity (Wildman–Crippen MR) is 77.0 cm³/mol. The van der Waals surface area contributed by atoms with Crippen molar-refractivity contribution in [1.29, 1.82) is 5.26 Å². The van der Waals surface area contributed by atoms with E-state index in [1.807, 2.05) is 13.0 Å². The monoisotopic (exact) mass is 286 g/mol. The number of amides is 1. The van der Waals surface area contributed by atoms with E-state index in [0.717, 1.165) is 5.56 Å². The molecule has 4 nitrogen and oxygen atoms in total. The number of anilines is 1. The number of aryl methyl sites for hydroxylation is 1. The number of hydrogen-bond acceptors (Lipinski definition) is 3. The molecule has 0 saturated heterocycles. The molecule has 0 unspecified atom stereocenters. The van der Waals surface area contributed by atoms with Crippen molar-refractivity contribution in [3.8, 4) is 11.8 Å². The molecule has 0 aliphatic carbocycles. The largest absolute Gasteiger partial charge is 0.507 e. The van der Waals surface area contributed by atoms with Gasteiger partial charge in [-0.25, -0.2) is 0 Å². The predicted octanol–water partition coefficient (Wildman–Crippen LogP) is 3.48. The van der Waals surface area contributed by atoms with Gasteiger partial charge in [0.15, 0.2) is 0 Å². The van der Waals surface area contributed by atoms with Gasteiger partial charge >= 0.3 is 0 Å². The minimum Gasteiger partial charge on any atom is -0.507 e. The van der Waals surface area contributed by atoms with E-state index < -0.39 is 5.91 Å². The lowest BCUT2D eigenvalue weighted by Gasteiger charge is -2.10. The Bertz CT molecular complexity index is 720. The first-order chi connectivity index (χ1) is 9.51. The second-order valence-electron chi connectivity index (χ2n) is 4.26. The van der Waals surface area contributed by atoms with Crippen molar-refractivity contribution in [2.24, 2.45) is 0 Å². The molecule has 0 aliphatic rings. The number of phenols is 1. The van der Waals surface area contributed by atoms with Gasteiger partial charge in [-0.1, -0.05) is 17.7 Å². The van der Waals surface area contributed by atoms with Gasteiger partial charge in [-0.2, -0.15) is 5.26 Å². The van der Waals surface area contributed by atoms with Crippen LogP contribution in [-0.4, -0.2) is 11.0 Å². The normalized spacial score (nSPS) is 9.85. The molecule has 5 heteroatoms. The molecule has 0 spiro atoms. The van der Waals surface area contributed by atoms with Crippen molar-refractivity contribution in [2.45, 2.75) is 6.92 Å². The number of halogens is 1. The molecule has 0 saturated carbocycles. The summed E-state index contributed by atoms with van der Waals surface area (Å²) >= 11 is 5.72. The van der Waals surface area contributed by atoms with Gasteiger partial charge in [0.1, 0.15) is 5.75 Å². The Morgan fingerprint density at radius 2 is 2.05 bits per heavy atom. The van der Waals surface area contributed by atoms with Crippen LogP contribution in [0.15, 0.2) is 36.4 Å². The topological polar surface area (TPSA) is 73.1 Å². The SMILES string of the molecule is Cc1ccc(C#N)cc1NC(=O)c1ccc(Cl)cc1O. The minimum atomic E-state index is -0.461. The standard InChI is InChI=1S/C15H11ClN2O2/c1-9-2-3-10(8-17)6-13(9)18-15(20)12-5-4-11(16)7-14(12)19/h2-7,19H,1H3,(H,18,20). The molecule has 0 heterocycles. The van der Waals surface area contributed by atoms with Crippen molar-refractivity contribution in [3.05, 3.63) is 58.1 Å². The average molecular weight is 287 g/mol. The van der Waals surface area contributed by atoms with E-state index >= 15 is 0 Å². The number of nitrogens with zero attached hydrogens (tertiary/aromatic N) is 1. The summed E-state index contributed by atoms with van der Waals surface area (Å²) in [6.07, 6.45) is 0. The molecule has 2 rings (SSSR count). The maximum Gasteiger partial charge on any atom is 0.259 e. The zero-order valence-electron chi connectivity index (χ0n) is 10.6. The van der Waals surface area contributed by atoms with E-state index in [1.54, 1.807) is 18.2 Å². The lowest BCUT2D eigenvalue weighted by Crippen LogP contribution is -2.13. The Hall–Kier alpha value is -2.51. The molecule has 0 fully saturated rings. The highest BCUT2D eigenvalue weighted by molar-refractivity contribution is 6.31. The van der Waals surface area contributed by atoms with Gasteiger partial charge in [0, 0.05) is 10.7 Å². The number of nitriles is 1. The Morgan fingerprint density at radius 1 is 1.30 bits per heavy atom. The maximum atomic E-state index is 12.1. The minimum absolute atomic E-state index is 0.121. The van der Waals surface area contributed by atoms with Crippen molar-refractivity contribution < 1.29 is 9.90 Å². The number of benzene rings is 2. The van der Waals surface area contributed by atoms with Gasteiger partial charge in [-0.05, 0) is 42.8 Å². The van der Waals surface area contributed by atoms with Crippen molar-refractivity contribution in [1.82, 2.24) is 0 Å². The Morgan fingerprint density at radius 3 is 2.70 bits per heavy atom. The summed E-state index contributed by atoms with van der Waals surface area (Å²) in [6.45, 7) is 1.82. The zero-order chi connectivity index (χ0) is 14.7. The third-order valence-electron chi connectivity index (χ3n) is 2.82. The van der Waals surface area contributed by atoms with Crippen molar-refractivity contribution in [2.75, 3.05) is 5.32 Å². The smallest absolute Gasteiger partial charge is 0.259 e. The summed E-state index contributed by atoms with van der Waals surface area (Å²) in [5.74, 6) is -0.651. The summed E-state index contributed by atoms with van der Waals surface area (Å²) < 4.78 is 0. The van der Waals surface area contributed by atoms with Gasteiger partial charge in [-0.15, -0.1) is 0 Å². The average Bonchev–Trinajstić information content (AvgIpc) is 2.41. The van der Waals surface area contributed by atoms with Crippen LogP contribution in [-0.2, 0) is 0 Å². The highest BCUT2D eigenvalue weighted by atomic mass is 35.5. The summed E-state index contributed by atoms with van der Waals surface area (Å²) in [6, 6.07) is 11.3. The third-order valence-corrected chi connectivity index (χ3v) is 3.05. The number of hydrogen-bond donors (Lipinski definition) is 2. The highest BCUT2D eigenvalue weighted by Gasteiger charge is 2.13. The van der Waals surface area contributed by atoms with Gasteiger partial charge < -0.3 is 10.4 Å². The van der Waals surface area contributed by atoms with Gasteiger partial charge in [-0.3, -0.25) is 4.79 Å². The van der Waals surface area contributed by atoms with Crippen LogP contribution in [0.1, 0.15) is 21.5 Å². The number of rotatable bonds is 2. The molecular formula is C15H11ClN2O2. The van der Waals surface area contributed by atoms with Crippen LogP contribution in [0.25, 0.3) is 0 Å². The molecule has 2 N–H and O–H groups in total. The molecular weight excluding hydrogens is 276 g/mol. The van der Waals surface area contributed by atoms with Crippen LogP contribution < -0.4 is 5.32 Å². The molecule has 2 aromatic rings. The number of carbonyl (C=O) groups is 1. The maximum absolute atomic E-state index is 12.1. The van der Waals surface area contributed by atoms with Crippen molar-refractivity contribution >= 4 is 23.2 Å². The Balaban J connectivity index is 2.30. The first-order valence-electron chi connectivity index (χ1n) is 5.82. The lowest BCUT2D eigenvalue weighted by atomic mass is 10.1. The quantitative estimate of drug-likeness (QED) is 0.887. The molecule has 0 bridgehead atoms. The molecule has 0 aromatic heterocycles. The zero-order valence-corrected chi connectivity index (χ0v) is 11.4. The van der Waals surface area contributed by atoms with Gasteiger partial charge in [0.25, 0.3) is 5.91 Å². The molecule has 20 heavy (non-hydrogen) atoms. The van der Waals surface area contributed by atoms with E-state index in [1.165, 1.54) is 18.2 Å². The summed E-state index contributed by atoms with van der Waals surface area (Å²) in [5.41, 5.74) is 1.93. The van der Waals surface area contributed by atoms with E-state index in [2.05, 4.69) is 5.32 Å². The third kappa shape index (κ3) is 2.90. The molecule has 100 valence electrons. The molecule has 1 amide bonds. The molecule has 0 radical (unpaired) electrons. The van der Waals surface area contributed by atoms with E-state index in [0.29, 0.717) is 16.3 Å². The van der Waals surface area contributed by atoms with E-state index in [4.69, 9.17) is 16.9 Å². The van der Waals surface area contributed by atoms with Crippen LogP contribution in [0.5, 0.6) is 5.75 Å². The molecule has 2 aromatic carbocycles. The van der Waals surface area contributed by atoms with Crippen LogP contribution in [0, 0.1) is 18.3 Å². The van der Waals surface area contributed by atoms with Crippen molar-refractivity contribution in [3.63, 3.8) is 0 Å². The number of aromatic hydroxyl groups is 1. The van der Waals surface area contributed by atoms with E-state index in [-0.39, 0.29) is 11.3 Å². The van der Waals surface area contributed by atoms with Crippen LogP contribution in [0.2, 0.25) is 5.02 Å². The second-order valence-corrected chi connectivity index (χ2v) is 4.69. The van der Waals surface area contributed by atoms with Crippen LogP contribution in [0.3, 0.4) is 0 Å². The van der Waals surface area contributed by atoms with Crippen LogP contribution in [0.4, 0.5) is 5.69 Å². The summed E-state index contributed by atoms with van der Waals surface area (Å²) in [7, 11) is 0. The number of carbonyl (C=O) groups excluding carboxylic acids is 1. The van der Waals surface area contributed by atoms with Gasteiger partial charge in [0.2, 0.25) is 0 Å². The Kier molecular flexibility index (Phi) is 3.92. The molecule has 0 aliphatic heterocycles. The highest BCUT2D eigenvalue weighted by Crippen LogP contribution is 2.24. The lowest BCUT2D eigenvalue weighted by molar-refractivity contribution is 0.102. The first-order valence-corrected chi connectivity index (χ1v) is 6.19. The second kappa shape index (κ2) is 5.64. The first kappa shape index (κ1) is 13.9. The van der Waals surface area contributed by atoms with Crippen LogP contribution >= 0.6 is 11.6 Å². The summed E-state index contributed by atoms with van der Waals surface area (Å²) in [5, 5.41) is 21.6.